The van der Waals surface area contributed by atoms with Gasteiger partial charge in [-0.25, -0.2) is 14.4 Å². The summed E-state index contributed by atoms with van der Waals surface area (Å²) >= 11 is 1.07. The molecule has 11 heteroatoms. The van der Waals surface area contributed by atoms with Crippen LogP contribution in [-0.2, 0) is 18.0 Å². The molecule has 33 heavy (non-hydrogen) atoms. The van der Waals surface area contributed by atoms with Gasteiger partial charge >= 0.3 is 0 Å². The van der Waals surface area contributed by atoms with E-state index in [0.717, 1.165) is 70.4 Å². The highest BCUT2D eigenvalue weighted by Crippen LogP contribution is 2.43. The first-order valence-electron chi connectivity index (χ1n) is 10.5. The Hall–Kier alpha value is -2.96. The number of pyridine rings is 1. The fraction of sp³-hybridized carbons (Fsp3) is 0.273. The van der Waals surface area contributed by atoms with Crippen LogP contribution in [0.1, 0.15) is 16.7 Å². The molecule has 1 aromatic carbocycles. The van der Waals surface area contributed by atoms with Crippen molar-refractivity contribution in [3.63, 3.8) is 0 Å². The highest BCUT2D eigenvalue weighted by atomic mass is 32.1. The van der Waals surface area contributed by atoms with Gasteiger partial charge < -0.3 is 20.7 Å². The van der Waals surface area contributed by atoms with E-state index in [2.05, 4.69) is 35.5 Å². The number of hydrogen-bond acceptors (Lipinski definition) is 9. The lowest BCUT2D eigenvalue weighted by atomic mass is 9.94. The summed E-state index contributed by atoms with van der Waals surface area (Å²) in [6.07, 6.45) is 3.05. The first kappa shape index (κ1) is 20.6. The van der Waals surface area contributed by atoms with Crippen molar-refractivity contribution in [1.29, 1.82) is 5.26 Å². The van der Waals surface area contributed by atoms with Crippen LogP contribution in [0.2, 0.25) is 0 Å². The van der Waals surface area contributed by atoms with Gasteiger partial charge in [0.1, 0.15) is 11.1 Å². The molecule has 0 radical (unpaired) electrons. The lowest BCUT2D eigenvalue weighted by molar-refractivity contribution is 0.135. The van der Waals surface area contributed by atoms with E-state index in [1.165, 1.54) is 6.20 Å². The van der Waals surface area contributed by atoms with Crippen molar-refractivity contribution in [2.24, 2.45) is 0 Å². The van der Waals surface area contributed by atoms with Crippen LogP contribution in [0.15, 0.2) is 12.4 Å². The quantitative estimate of drug-likeness (QED) is 0.422. The number of halogens is 1. The summed E-state index contributed by atoms with van der Waals surface area (Å²) in [5.74, 6) is 0.182. The number of nitrogens with two attached hydrogens (primary N) is 1. The molecule has 0 amide bonds. The van der Waals surface area contributed by atoms with Crippen molar-refractivity contribution in [3.05, 3.63) is 34.9 Å². The number of hydrogen-bond donors (Lipinski definition) is 2. The molecular weight excluding hydrogens is 460 g/mol. The first-order chi connectivity index (χ1) is 16.1. The molecule has 2 aliphatic rings. The molecule has 166 valence electrons. The molecule has 5 heterocycles. The van der Waals surface area contributed by atoms with Crippen molar-refractivity contribution in [3.8, 4) is 17.3 Å². The molecule has 1 fully saturated rings. The van der Waals surface area contributed by atoms with Gasteiger partial charge in [0.05, 0.1) is 40.9 Å². The lowest BCUT2D eigenvalue weighted by Gasteiger charge is -2.27. The SMILES string of the molecule is N#Cc1c(N)sc2c(F)cnc(-c3c4c(c5cnc(N6CCNCC6)nc5c3P)COC4)c12. The van der Waals surface area contributed by atoms with Crippen molar-refractivity contribution in [2.45, 2.75) is 13.2 Å². The number of rotatable bonds is 2. The summed E-state index contributed by atoms with van der Waals surface area (Å²) in [4.78, 5) is 16.2. The van der Waals surface area contributed by atoms with Crippen LogP contribution >= 0.6 is 20.6 Å². The van der Waals surface area contributed by atoms with E-state index in [4.69, 9.17) is 15.5 Å². The molecule has 8 nitrogen and oxygen atoms in total. The van der Waals surface area contributed by atoms with Gasteiger partial charge in [0.15, 0.2) is 5.82 Å². The first-order valence-corrected chi connectivity index (χ1v) is 11.9. The molecule has 6 rings (SSSR count). The highest BCUT2D eigenvalue weighted by Gasteiger charge is 2.28. The number of nitriles is 1. The summed E-state index contributed by atoms with van der Waals surface area (Å²) in [7, 11) is 2.78. The van der Waals surface area contributed by atoms with E-state index in [1.807, 2.05) is 6.20 Å². The van der Waals surface area contributed by atoms with Crippen LogP contribution in [0.3, 0.4) is 0 Å². The summed E-state index contributed by atoms with van der Waals surface area (Å²) in [6, 6.07) is 2.13. The third kappa shape index (κ3) is 3.08. The Kier molecular flexibility index (Phi) is 4.89. The molecule has 1 atom stereocenters. The summed E-state index contributed by atoms with van der Waals surface area (Å²) < 4.78 is 20.8. The fourth-order valence-electron chi connectivity index (χ4n) is 4.65. The van der Waals surface area contributed by atoms with Crippen LogP contribution in [0, 0.1) is 17.1 Å². The second kappa shape index (κ2) is 7.82. The molecule has 1 unspecified atom stereocenters. The molecule has 4 aromatic rings. The normalized spacial score (nSPS) is 15.8. The predicted molar refractivity (Wildman–Crippen MR) is 130 cm³/mol. The van der Waals surface area contributed by atoms with Crippen LogP contribution in [-0.4, -0.2) is 41.1 Å². The second-order valence-electron chi connectivity index (χ2n) is 8.02. The lowest BCUT2D eigenvalue weighted by Crippen LogP contribution is -2.44. The number of nitrogens with one attached hydrogen (secondary N) is 1. The average Bonchev–Trinajstić information content (AvgIpc) is 3.45. The predicted octanol–water partition coefficient (Wildman–Crippen LogP) is 2.44. The average molecular weight is 479 g/mol. The zero-order chi connectivity index (χ0) is 22.7. The number of ether oxygens (including phenoxy) is 1. The molecule has 2 aliphatic heterocycles. The van der Waals surface area contributed by atoms with E-state index in [1.54, 1.807) is 0 Å². The standard InChI is InChI=1S/C22H19FN7OPS/c23-14-7-27-18(16-10(5-24)21(25)33-20(14)16)15-13-9-31-8-12(13)11-6-28-22(29-17(11)19(15)32)30-3-1-26-2-4-30/h6-7,26H,1-4,8-9,25,32H2. The monoisotopic (exact) mass is 479 g/mol. The topological polar surface area (TPSA) is 113 Å². The van der Waals surface area contributed by atoms with Crippen molar-refractivity contribution >= 4 is 57.8 Å². The molecular formula is C22H19FN7OPS. The Morgan fingerprint density at radius 1 is 1.21 bits per heavy atom. The van der Waals surface area contributed by atoms with Crippen LogP contribution in [0.5, 0.6) is 0 Å². The van der Waals surface area contributed by atoms with E-state index in [-0.39, 0.29) is 10.6 Å². The Labute approximate surface area is 194 Å². The van der Waals surface area contributed by atoms with E-state index in [9.17, 15) is 9.65 Å². The van der Waals surface area contributed by atoms with Gasteiger partial charge in [-0.1, -0.05) is 0 Å². The van der Waals surface area contributed by atoms with Gasteiger partial charge in [0.25, 0.3) is 0 Å². The largest absolute Gasteiger partial charge is 0.389 e. The summed E-state index contributed by atoms with van der Waals surface area (Å²) in [6.45, 7) is 4.25. The van der Waals surface area contributed by atoms with Crippen LogP contribution < -0.4 is 21.3 Å². The number of fused-ring (bicyclic) bond motifs is 4. The maximum Gasteiger partial charge on any atom is 0.225 e. The number of anilines is 2. The number of piperazine rings is 1. The molecule has 3 aromatic heterocycles. The maximum absolute atomic E-state index is 14.6. The van der Waals surface area contributed by atoms with Gasteiger partial charge in [-0.2, -0.15) is 5.26 Å². The minimum Gasteiger partial charge on any atom is -0.389 e. The van der Waals surface area contributed by atoms with Crippen LogP contribution in [0.4, 0.5) is 15.3 Å². The Balaban J connectivity index is 1.67. The third-order valence-corrected chi connectivity index (χ3v) is 7.82. The number of thiophene rings is 1. The van der Waals surface area contributed by atoms with Gasteiger partial charge in [-0.05, 0) is 11.1 Å². The zero-order valence-corrected chi connectivity index (χ0v) is 19.5. The van der Waals surface area contributed by atoms with E-state index >= 15 is 0 Å². The number of nitrogen functional groups attached to an aromatic ring is 1. The van der Waals surface area contributed by atoms with Crippen molar-refractivity contribution in [2.75, 3.05) is 36.8 Å². The van der Waals surface area contributed by atoms with Gasteiger partial charge in [-0.3, -0.25) is 4.98 Å². The summed E-state index contributed by atoms with van der Waals surface area (Å²) in [5.41, 5.74) is 10.4. The minimum absolute atomic E-state index is 0.248. The summed E-state index contributed by atoms with van der Waals surface area (Å²) in [5, 5.41) is 15.6. The third-order valence-electron chi connectivity index (χ3n) is 6.23. The number of aromatic nitrogens is 3. The van der Waals surface area contributed by atoms with Gasteiger partial charge in [-0.15, -0.1) is 20.6 Å². The van der Waals surface area contributed by atoms with Crippen molar-refractivity contribution < 1.29 is 9.13 Å². The Morgan fingerprint density at radius 2 is 2.00 bits per heavy atom. The maximum atomic E-state index is 14.6. The van der Waals surface area contributed by atoms with E-state index in [0.29, 0.717) is 34.9 Å². The minimum atomic E-state index is -0.491. The molecule has 0 saturated carbocycles. The zero-order valence-electron chi connectivity index (χ0n) is 17.5. The molecule has 0 spiro atoms. The molecule has 0 aliphatic carbocycles. The smallest absolute Gasteiger partial charge is 0.225 e. The molecule has 0 bridgehead atoms. The molecule has 1 saturated heterocycles. The molecule has 3 N–H and O–H groups in total. The van der Waals surface area contributed by atoms with Crippen LogP contribution in [0.25, 0.3) is 32.2 Å². The second-order valence-corrected chi connectivity index (χ2v) is 9.65. The van der Waals surface area contributed by atoms with E-state index < -0.39 is 5.82 Å². The Bertz CT molecular complexity index is 1490. The van der Waals surface area contributed by atoms with Gasteiger partial charge in [0, 0.05) is 54.0 Å². The Morgan fingerprint density at radius 3 is 2.79 bits per heavy atom. The number of benzene rings is 1. The number of nitrogens with zero attached hydrogens (tertiary/aromatic N) is 5. The van der Waals surface area contributed by atoms with Gasteiger partial charge in [0.2, 0.25) is 5.95 Å². The fourth-order valence-corrected chi connectivity index (χ4v) is 6.10. The van der Waals surface area contributed by atoms with Crippen molar-refractivity contribution in [1.82, 2.24) is 20.3 Å². The highest BCUT2D eigenvalue weighted by molar-refractivity contribution is 7.29.